The molecule has 2 heterocycles. The summed E-state index contributed by atoms with van der Waals surface area (Å²) in [5.74, 6) is 4.40. The molecule has 0 spiro atoms. The smallest absolute Gasteiger partial charge is 0.148 e. The fourth-order valence-electron chi connectivity index (χ4n) is 3.72. The minimum Gasteiger partial charge on any atom is -0.497 e. The number of rotatable bonds is 6. The Morgan fingerprint density at radius 1 is 1.03 bits per heavy atom. The number of benzene rings is 2. The van der Waals surface area contributed by atoms with Crippen LogP contribution in [-0.4, -0.2) is 39.5 Å². The molecule has 0 bridgehead atoms. The van der Waals surface area contributed by atoms with Crippen molar-refractivity contribution in [3.63, 3.8) is 0 Å². The standard InChI is InChI=1S/C23H26N2O4/c1-14-7-22(25-23-19(14)9-18(27-3)11-21(23)28-4)24-12-15-8-16-5-6-17(26-2)10-20(16)29-13-15/h5-7,9-11,15H,8,12-13H2,1-4H3,(H,24,25). The van der Waals surface area contributed by atoms with Crippen LogP contribution in [0.3, 0.4) is 0 Å². The number of nitrogens with zero attached hydrogens (tertiary/aromatic N) is 1. The number of hydrogen-bond donors (Lipinski definition) is 1. The monoisotopic (exact) mass is 394 g/mol. The van der Waals surface area contributed by atoms with Crippen LogP contribution in [-0.2, 0) is 6.42 Å². The van der Waals surface area contributed by atoms with Gasteiger partial charge in [-0.15, -0.1) is 0 Å². The molecule has 6 heteroatoms. The van der Waals surface area contributed by atoms with Gasteiger partial charge in [-0.2, -0.15) is 0 Å². The SMILES string of the molecule is COc1ccc2c(c1)OCC(CNc1cc(C)c3cc(OC)cc(OC)c3n1)C2. The Labute approximate surface area is 170 Å². The van der Waals surface area contributed by atoms with Gasteiger partial charge in [0.1, 0.15) is 34.3 Å². The van der Waals surface area contributed by atoms with Crippen LogP contribution in [0.4, 0.5) is 5.82 Å². The molecule has 0 amide bonds. The third-order valence-corrected chi connectivity index (χ3v) is 5.34. The predicted molar refractivity (Wildman–Crippen MR) is 114 cm³/mol. The third kappa shape index (κ3) is 3.88. The number of pyridine rings is 1. The summed E-state index contributed by atoms with van der Waals surface area (Å²) in [5, 5.41) is 4.50. The van der Waals surface area contributed by atoms with E-state index in [0.29, 0.717) is 18.3 Å². The number of anilines is 1. The van der Waals surface area contributed by atoms with Gasteiger partial charge >= 0.3 is 0 Å². The number of fused-ring (bicyclic) bond motifs is 2. The van der Waals surface area contributed by atoms with Crippen molar-refractivity contribution in [2.75, 3.05) is 39.8 Å². The van der Waals surface area contributed by atoms with Crippen LogP contribution in [0.15, 0.2) is 36.4 Å². The van der Waals surface area contributed by atoms with Crippen LogP contribution in [0.2, 0.25) is 0 Å². The highest BCUT2D eigenvalue weighted by Gasteiger charge is 2.21. The molecular weight excluding hydrogens is 368 g/mol. The lowest BCUT2D eigenvalue weighted by atomic mass is 9.96. The van der Waals surface area contributed by atoms with Gasteiger partial charge in [-0.25, -0.2) is 4.98 Å². The average Bonchev–Trinajstić information content (AvgIpc) is 2.76. The van der Waals surface area contributed by atoms with Gasteiger partial charge in [-0.3, -0.25) is 0 Å². The molecule has 1 aliphatic heterocycles. The number of nitrogens with one attached hydrogen (secondary N) is 1. The third-order valence-electron chi connectivity index (χ3n) is 5.34. The Bertz CT molecular complexity index is 1040. The van der Waals surface area contributed by atoms with Crippen LogP contribution < -0.4 is 24.3 Å². The van der Waals surface area contributed by atoms with Crippen LogP contribution in [0.5, 0.6) is 23.0 Å². The molecule has 2 aromatic carbocycles. The Morgan fingerprint density at radius 3 is 2.62 bits per heavy atom. The van der Waals surface area contributed by atoms with Crippen molar-refractivity contribution in [1.82, 2.24) is 4.98 Å². The quantitative estimate of drug-likeness (QED) is 0.675. The van der Waals surface area contributed by atoms with E-state index in [0.717, 1.165) is 52.5 Å². The molecule has 1 atom stereocenters. The van der Waals surface area contributed by atoms with Gasteiger partial charge < -0.3 is 24.3 Å². The number of hydrogen-bond acceptors (Lipinski definition) is 6. The summed E-state index contributed by atoms with van der Waals surface area (Å²) in [5.41, 5.74) is 3.15. The van der Waals surface area contributed by atoms with E-state index in [1.165, 1.54) is 5.56 Å². The van der Waals surface area contributed by atoms with Crippen molar-refractivity contribution in [3.05, 3.63) is 47.5 Å². The summed E-state index contributed by atoms with van der Waals surface area (Å²) in [6, 6.07) is 11.9. The lowest BCUT2D eigenvalue weighted by Gasteiger charge is -2.26. The molecule has 152 valence electrons. The van der Waals surface area contributed by atoms with Crippen molar-refractivity contribution >= 4 is 16.7 Å². The Hall–Kier alpha value is -3.15. The molecule has 6 nitrogen and oxygen atoms in total. The first-order chi connectivity index (χ1) is 14.1. The molecule has 0 radical (unpaired) electrons. The summed E-state index contributed by atoms with van der Waals surface area (Å²) in [4.78, 5) is 4.78. The molecule has 1 unspecified atom stereocenters. The second kappa shape index (κ2) is 8.07. The van der Waals surface area contributed by atoms with Crippen molar-refractivity contribution in [3.8, 4) is 23.0 Å². The molecule has 0 saturated carbocycles. The summed E-state index contributed by atoms with van der Waals surface area (Å²) in [6.07, 6.45) is 0.958. The highest BCUT2D eigenvalue weighted by Crippen LogP contribution is 2.34. The molecular formula is C23H26N2O4. The van der Waals surface area contributed by atoms with Crippen molar-refractivity contribution in [2.45, 2.75) is 13.3 Å². The lowest BCUT2D eigenvalue weighted by Crippen LogP contribution is -2.27. The zero-order valence-electron chi connectivity index (χ0n) is 17.2. The molecule has 0 saturated heterocycles. The maximum Gasteiger partial charge on any atom is 0.148 e. The van der Waals surface area contributed by atoms with Gasteiger partial charge in [0, 0.05) is 30.0 Å². The summed E-state index contributed by atoms with van der Waals surface area (Å²) in [6.45, 7) is 3.52. The van der Waals surface area contributed by atoms with Crippen molar-refractivity contribution in [1.29, 1.82) is 0 Å². The fourth-order valence-corrected chi connectivity index (χ4v) is 3.72. The Balaban J connectivity index is 1.51. The predicted octanol–water partition coefficient (Wildman–Crippen LogP) is 4.23. The molecule has 3 aromatic rings. The molecule has 1 N–H and O–H groups in total. The molecule has 4 rings (SSSR count). The zero-order valence-corrected chi connectivity index (χ0v) is 17.2. The number of aryl methyl sites for hydroxylation is 1. The largest absolute Gasteiger partial charge is 0.497 e. The summed E-state index contributed by atoms with van der Waals surface area (Å²) < 4.78 is 22.1. The van der Waals surface area contributed by atoms with Crippen LogP contribution in [0.1, 0.15) is 11.1 Å². The molecule has 1 aromatic heterocycles. The molecule has 0 aliphatic carbocycles. The van der Waals surface area contributed by atoms with Crippen molar-refractivity contribution < 1.29 is 18.9 Å². The minimum atomic E-state index is 0.367. The van der Waals surface area contributed by atoms with Gasteiger partial charge in [0.25, 0.3) is 0 Å². The van der Waals surface area contributed by atoms with Gasteiger partial charge in [0.15, 0.2) is 0 Å². The van der Waals surface area contributed by atoms with E-state index >= 15 is 0 Å². The maximum absolute atomic E-state index is 5.95. The van der Waals surface area contributed by atoms with Gasteiger partial charge in [-0.1, -0.05) is 6.07 Å². The highest BCUT2D eigenvalue weighted by atomic mass is 16.5. The summed E-state index contributed by atoms with van der Waals surface area (Å²) >= 11 is 0. The first-order valence-electron chi connectivity index (χ1n) is 9.68. The maximum atomic E-state index is 5.95. The van der Waals surface area contributed by atoms with E-state index in [4.69, 9.17) is 23.9 Å². The highest BCUT2D eigenvalue weighted by molar-refractivity contribution is 5.90. The lowest BCUT2D eigenvalue weighted by molar-refractivity contribution is 0.228. The first kappa shape index (κ1) is 19.2. The van der Waals surface area contributed by atoms with Crippen LogP contribution >= 0.6 is 0 Å². The van der Waals surface area contributed by atoms with Crippen LogP contribution in [0.25, 0.3) is 10.9 Å². The molecule has 0 fully saturated rings. The van der Waals surface area contributed by atoms with E-state index < -0.39 is 0 Å². The van der Waals surface area contributed by atoms with E-state index in [1.807, 2.05) is 24.3 Å². The number of methoxy groups -OCH3 is 3. The van der Waals surface area contributed by atoms with Crippen molar-refractivity contribution in [2.24, 2.45) is 5.92 Å². The zero-order chi connectivity index (χ0) is 20.4. The average molecular weight is 394 g/mol. The first-order valence-corrected chi connectivity index (χ1v) is 9.68. The molecule has 29 heavy (non-hydrogen) atoms. The van der Waals surface area contributed by atoms with E-state index in [1.54, 1.807) is 21.3 Å². The second-order valence-electron chi connectivity index (χ2n) is 7.29. The van der Waals surface area contributed by atoms with E-state index in [9.17, 15) is 0 Å². The van der Waals surface area contributed by atoms with E-state index in [-0.39, 0.29) is 0 Å². The topological polar surface area (TPSA) is 61.8 Å². The normalized spacial score (nSPS) is 15.4. The summed E-state index contributed by atoms with van der Waals surface area (Å²) in [7, 11) is 4.97. The Morgan fingerprint density at radius 2 is 1.86 bits per heavy atom. The fraction of sp³-hybridized carbons (Fsp3) is 0.348. The van der Waals surface area contributed by atoms with Gasteiger partial charge in [-0.05, 0) is 42.7 Å². The van der Waals surface area contributed by atoms with Gasteiger partial charge in [0.05, 0.1) is 27.9 Å². The van der Waals surface area contributed by atoms with Gasteiger partial charge in [0.2, 0.25) is 0 Å². The Kier molecular flexibility index (Phi) is 5.34. The number of aromatic nitrogens is 1. The minimum absolute atomic E-state index is 0.367. The molecule has 1 aliphatic rings. The second-order valence-corrected chi connectivity index (χ2v) is 7.29. The number of ether oxygens (including phenoxy) is 4. The van der Waals surface area contributed by atoms with Crippen LogP contribution in [0, 0.1) is 12.8 Å². The van der Waals surface area contributed by atoms with E-state index in [2.05, 4.69) is 24.4 Å².